The number of nitrogens with zero attached hydrogens (tertiary/aromatic N) is 3. The molecule has 3 aromatic rings. The summed E-state index contributed by atoms with van der Waals surface area (Å²) in [5, 5.41) is 5.78. The third-order valence-corrected chi connectivity index (χ3v) is 6.89. The van der Waals surface area contributed by atoms with E-state index in [0.717, 1.165) is 37.7 Å². The molecular formula is C26H26Cl2F3N5O2. The highest BCUT2D eigenvalue weighted by Gasteiger charge is 2.30. The number of amides is 1. The topological polar surface area (TPSA) is 79.4 Å². The van der Waals surface area contributed by atoms with Gasteiger partial charge in [0, 0.05) is 11.9 Å². The fraction of sp³-hybridized carbons (Fsp3) is 0.346. The van der Waals surface area contributed by atoms with Crippen LogP contribution in [0.5, 0.6) is 5.88 Å². The first-order valence-electron chi connectivity index (χ1n) is 11.9. The van der Waals surface area contributed by atoms with Crippen molar-refractivity contribution in [3.63, 3.8) is 0 Å². The molecule has 202 valence electrons. The number of nitrogens with one attached hydrogen (secondary N) is 2. The lowest BCUT2D eigenvalue weighted by Crippen LogP contribution is -2.29. The van der Waals surface area contributed by atoms with Crippen molar-refractivity contribution in [1.29, 1.82) is 0 Å². The largest absolute Gasteiger partial charge is 0.467 e. The zero-order valence-electron chi connectivity index (χ0n) is 20.7. The lowest BCUT2D eigenvalue weighted by atomic mass is 9.87. The predicted octanol–water partition coefficient (Wildman–Crippen LogP) is 6.84. The number of benzene rings is 2. The molecule has 12 heteroatoms. The summed E-state index contributed by atoms with van der Waals surface area (Å²) in [7, 11) is 2.11. The van der Waals surface area contributed by atoms with E-state index in [0.29, 0.717) is 11.6 Å². The Morgan fingerprint density at radius 3 is 2.47 bits per heavy atom. The number of alkyl halides is 3. The quantitative estimate of drug-likeness (QED) is 0.325. The maximum atomic E-state index is 12.9. The number of aromatic nitrogens is 2. The molecule has 1 saturated heterocycles. The Labute approximate surface area is 228 Å². The van der Waals surface area contributed by atoms with E-state index in [1.807, 2.05) is 25.1 Å². The summed E-state index contributed by atoms with van der Waals surface area (Å²) in [5.74, 6) is -0.925. The third kappa shape index (κ3) is 7.06. The first-order valence-corrected chi connectivity index (χ1v) is 12.6. The maximum Gasteiger partial charge on any atom is 0.422 e. The number of likely N-dealkylation sites (tertiary alicyclic amines) is 1. The molecule has 0 spiro atoms. The normalized spacial score (nSPS) is 14.8. The molecule has 0 radical (unpaired) electrons. The average molecular weight is 568 g/mol. The summed E-state index contributed by atoms with van der Waals surface area (Å²) in [4.78, 5) is 23.4. The van der Waals surface area contributed by atoms with Gasteiger partial charge in [0.1, 0.15) is 5.56 Å². The number of hydrogen-bond acceptors (Lipinski definition) is 6. The van der Waals surface area contributed by atoms with Crippen molar-refractivity contribution in [3.05, 3.63) is 69.3 Å². The van der Waals surface area contributed by atoms with Crippen LogP contribution < -0.4 is 15.4 Å². The van der Waals surface area contributed by atoms with Gasteiger partial charge in [0.25, 0.3) is 5.91 Å². The van der Waals surface area contributed by atoms with Crippen molar-refractivity contribution in [2.24, 2.45) is 0 Å². The van der Waals surface area contributed by atoms with E-state index >= 15 is 0 Å². The van der Waals surface area contributed by atoms with Crippen LogP contribution in [0.1, 0.15) is 40.2 Å². The number of ether oxygens (including phenoxy) is 1. The fourth-order valence-electron chi connectivity index (χ4n) is 4.30. The highest BCUT2D eigenvalue weighted by molar-refractivity contribution is 6.40. The van der Waals surface area contributed by atoms with Gasteiger partial charge in [-0.3, -0.25) is 4.79 Å². The molecular weight excluding hydrogens is 542 g/mol. The number of anilines is 3. The maximum absolute atomic E-state index is 12.9. The van der Waals surface area contributed by atoms with Crippen molar-refractivity contribution in [1.82, 2.24) is 14.9 Å². The Morgan fingerprint density at radius 1 is 1.16 bits per heavy atom. The Kier molecular flexibility index (Phi) is 8.64. The number of carbonyl (C=O) groups excluding carboxylic acids is 1. The second-order valence-electron chi connectivity index (χ2n) is 9.14. The van der Waals surface area contributed by atoms with Crippen molar-refractivity contribution in [3.8, 4) is 5.88 Å². The first-order chi connectivity index (χ1) is 18.0. The molecule has 0 saturated carbocycles. The first kappa shape index (κ1) is 27.9. The van der Waals surface area contributed by atoms with Gasteiger partial charge < -0.3 is 20.3 Å². The zero-order valence-corrected chi connectivity index (χ0v) is 22.2. The molecule has 2 heterocycles. The summed E-state index contributed by atoms with van der Waals surface area (Å²) in [6.45, 7) is 2.47. The molecule has 1 aliphatic heterocycles. The molecule has 0 aliphatic carbocycles. The number of para-hydroxylation sites is 1. The highest BCUT2D eigenvalue weighted by Crippen LogP contribution is 2.33. The van der Waals surface area contributed by atoms with Gasteiger partial charge in [-0.05, 0) is 81.2 Å². The molecule has 1 aliphatic rings. The second kappa shape index (κ2) is 11.8. The standard InChI is InChI=1S/C26H26Cl2F3N5O2/c1-15-12-17(6-7-18(15)16-8-10-36(2)11-9-16)33-25-32-13-19(24(35-25)38-14-26(29,30)31)23(37)34-22-20(27)4-3-5-21(22)28/h3-7,12-13,16H,8-11,14H2,1-2H3,(H,34,37)(H,32,33,35). The molecule has 0 unspecified atom stereocenters. The summed E-state index contributed by atoms with van der Waals surface area (Å²) >= 11 is 12.2. The molecule has 2 aromatic carbocycles. The van der Waals surface area contributed by atoms with Crippen LogP contribution in [0.15, 0.2) is 42.6 Å². The summed E-state index contributed by atoms with van der Waals surface area (Å²) in [6, 6.07) is 10.5. The smallest absolute Gasteiger partial charge is 0.422 e. The van der Waals surface area contributed by atoms with Gasteiger partial charge in [-0.2, -0.15) is 18.2 Å². The summed E-state index contributed by atoms with van der Waals surface area (Å²) in [6.07, 6.45) is -1.40. The van der Waals surface area contributed by atoms with E-state index in [9.17, 15) is 18.0 Å². The monoisotopic (exact) mass is 567 g/mol. The van der Waals surface area contributed by atoms with Crippen molar-refractivity contribution < 1.29 is 22.7 Å². The lowest BCUT2D eigenvalue weighted by molar-refractivity contribution is -0.154. The lowest BCUT2D eigenvalue weighted by Gasteiger charge is -2.30. The Morgan fingerprint density at radius 2 is 1.84 bits per heavy atom. The number of aryl methyl sites for hydroxylation is 1. The van der Waals surface area contributed by atoms with Gasteiger partial charge in [0.05, 0.1) is 15.7 Å². The van der Waals surface area contributed by atoms with E-state index in [2.05, 4.69) is 32.5 Å². The number of piperidine rings is 1. The van der Waals surface area contributed by atoms with Crippen LogP contribution in [-0.4, -0.2) is 53.7 Å². The average Bonchev–Trinajstić information content (AvgIpc) is 2.85. The molecule has 1 amide bonds. The van der Waals surface area contributed by atoms with E-state index in [1.165, 1.54) is 17.7 Å². The summed E-state index contributed by atoms with van der Waals surface area (Å²) in [5.41, 5.74) is 2.80. The van der Waals surface area contributed by atoms with Crippen LogP contribution in [0.4, 0.5) is 30.5 Å². The van der Waals surface area contributed by atoms with E-state index in [4.69, 9.17) is 27.9 Å². The van der Waals surface area contributed by atoms with Gasteiger partial charge in [0.15, 0.2) is 6.61 Å². The predicted molar refractivity (Wildman–Crippen MR) is 142 cm³/mol. The molecule has 0 atom stereocenters. The molecule has 1 aromatic heterocycles. The van der Waals surface area contributed by atoms with Gasteiger partial charge in [0.2, 0.25) is 11.8 Å². The van der Waals surface area contributed by atoms with Crippen LogP contribution in [0.25, 0.3) is 0 Å². The van der Waals surface area contributed by atoms with Crippen LogP contribution in [-0.2, 0) is 0 Å². The van der Waals surface area contributed by atoms with Crippen LogP contribution in [0, 0.1) is 6.92 Å². The minimum Gasteiger partial charge on any atom is -0.467 e. The molecule has 1 fully saturated rings. The van der Waals surface area contributed by atoms with Gasteiger partial charge >= 0.3 is 6.18 Å². The molecule has 4 rings (SSSR count). The third-order valence-electron chi connectivity index (χ3n) is 6.26. The van der Waals surface area contributed by atoms with Crippen molar-refractivity contribution in [2.45, 2.75) is 31.9 Å². The van der Waals surface area contributed by atoms with Crippen LogP contribution in [0.3, 0.4) is 0 Å². The minimum absolute atomic E-state index is 0.0269. The molecule has 7 nitrogen and oxygen atoms in total. The minimum atomic E-state index is -4.64. The van der Waals surface area contributed by atoms with Crippen LogP contribution >= 0.6 is 23.2 Å². The molecule has 38 heavy (non-hydrogen) atoms. The molecule has 0 bridgehead atoms. The number of halogens is 5. The second-order valence-corrected chi connectivity index (χ2v) is 9.96. The SMILES string of the molecule is Cc1cc(Nc2ncc(C(=O)Nc3c(Cl)cccc3Cl)c(OCC(F)(F)F)n2)ccc1C1CCN(C)CC1. The number of carbonyl (C=O) groups is 1. The Bertz CT molecular complexity index is 1290. The highest BCUT2D eigenvalue weighted by atomic mass is 35.5. The Balaban J connectivity index is 1.56. The van der Waals surface area contributed by atoms with E-state index in [-0.39, 0.29) is 27.2 Å². The van der Waals surface area contributed by atoms with E-state index in [1.54, 1.807) is 6.07 Å². The number of hydrogen-bond donors (Lipinski definition) is 2. The van der Waals surface area contributed by atoms with Gasteiger partial charge in [-0.25, -0.2) is 4.98 Å². The van der Waals surface area contributed by atoms with Gasteiger partial charge in [-0.1, -0.05) is 35.3 Å². The molecule has 2 N–H and O–H groups in total. The van der Waals surface area contributed by atoms with Crippen molar-refractivity contribution in [2.75, 3.05) is 37.4 Å². The zero-order chi connectivity index (χ0) is 27.4. The van der Waals surface area contributed by atoms with E-state index < -0.39 is 24.6 Å². The Hall–Kier alpha value is -3.08. The fourth-order valence-corrected chi connectivity index (χ4v) is 4.79. The summed E-state index contributed by atoms with van der Waals surface area (Å²) < 4.78 is 43.6. The van der Waals surface area contributed by atoms with Gasteiger partial charge in [-0.15, -0.1) is 0 Å². The number of rotatable bonds is 7. The van der Waals surface area contributed by atoms with Crippen LogP contribution in [0.2, 0.25) is 10.0 Å². The van der Waals surface area contributed by atoms with Crippen molar-refractivity contribution >= 4 is 46.4 Å².